The molecule has 3 heteroatoms. The number of allylic oxidation sites excluding steroid dienone is 8. The van der Waals surface area contributed by atoms with Crippen LogP contribution in [-0.4, -0.2) is 26.4 Å². The molecule has 0 spiro atoms. The second-order valence-electron chi connectivity index (χ2n) is 10.1. The third-order valence-corrected chi connectivity index (χ3v) is 8.13. The summed E-state index contributed by atoms with van der Waals surface area (Å²) in [6.45, 7) is 11.3. The molecule has 2 aromatic carbocycles. The summed E-state index contributed by atoms with van der Waals surface area (Å²) < 4.78 is 18.5. The van der Waals surface area contributed by atoms with Crippen molar-refractivity contribution >= 4 is 0 Å². The molecule has 2 aliphatic carbocycles. The highest BCUT2D eigenvalue weighted by Crippen LogP contribution is 2.46. The van der Waals surface area contributed by atoms with Crippen LogP contribution in [0.5, 0.6) is 11.5 Å². The van der Waals surface area contributed by atoms with Crippen molar-refractivity contribution in [2.75, 3.05) is 26.4 Å². The van der Waals surface area contributed by atoms with Gasteiger partial charge >= 0.3 is 0 Å². The first-order chi connectivity index (χ1) is 18.1. The summed E-state index contributed by atoms with van der Waals surface area (Å²) in [7, 11) is 0. The molecule has 0 fully saturated rings. The molecule has 4 rings (SSSR count). The van der Waals surface area contributed by atoms with Crippen LogP contribution < -0.4 is 9.47 Å². The Hall–Kier alpha value is -3.04. The first kappa shape index (κ1) is 27.0. The third kappa shape index (κ3) is 5.62. The molecule has 196 valence electrons. The van der Waals surface area contributed by atoms with E-state index >= 15 is 0 Å². The van der Waals surface area contributed by atoms with Crippen LogP contribution in [0.1, 0.15) is 51.7 Å². The normalized spacial score (nSPS) is 26.4. The lowest BCUT2D eigenvalue weighted by Crippen LogP contribution is -2.35. The van der Waals surface area contributed by atoms with Gasteiger partial charge in [0.2, 0.25) is 0 Å². The molecule has 0 heterocycles. The van der Waals surface area contributed by atoms with Crippen molar-refractivity contribution in [1.82, 2.24) is 0 Å². The largest absolute Gasteiger partial charge is 0.494 e. The van der Waals surface area contributed by atoms with Crippen LogP contribution in [0, 0.1) is 11.8 Å². The van der Waals surface area contributed by atoms with Gasteiger partial charge < -0.3 is 14.2 Å². The maximum absolute atomic E-state index is 6.43. The van der Waals surface area contributed by atoms with Gasteiger partial charge in [-0.2, -0.15) is 0 Å². The van der Waals surface area contributed by atoms with E-state index in [0.29, 0.717) is 38.3 Å². The van der Waals surface area contributed by atoms with E-state index in [1.165, 1.54) is 11.1 Å². The zero-order chi connectivity index (χ0) is 26.1. The number of ether oxygens (including phenoxy) is 3. The predicted molar refractivity (Wildman–Crippen MR) is 154 cm³/mol. The molecule has 37 heavy (non-hydrogen) atoms. The Balaban J connectivity index is 1.50. The van der Waals surface area contributed by atoms with E-state index in [1.54, 1.807) is 0 Å². The Morgan fingerprint density at radius 2 is 1.05 bits per heavy atom. The highest BCUT2D eigenvalue weighted by molar-refractivity contribution is 5.47. The summed E-state index contributed by atoms with van der Waals surface area (Å²) in [5.41, 5.74) is 2.18. The van der Waals surface area contributed by atoms with Gasteiger partial charge in [0.25, 0.3) is 0 Å². The summed E-state index contributed by atoms with van der Waals surface area (Å²) in [4.78, 5) is 0. The van der Waals surface area contributed by atoms with Crippen LogP contribution in [-0.2, 0) is 15.6 Å². The maximum Gasteiger partial charge on any atom is 0.123 e. The highest BCUT2D eigenvalue weighted by Gasteiger charge is 2.39. The van der Waals surface area contributed by atoms with E-state index in [-0.39, 0.29) is 10.8 Å². The molecule has 2 aromatic rings. The fourth-order valence-corrected chi connectivity index (χ4v) is 5.97. The Morgan fingerprint density at radius 3 is 1.46 bits per heavy atom. The highest BCUT2D eigenvalue weighted by atomic mass is 16.5. The summed E-state index contributed by atoms with van der Waals surface area (Å²) in [5, 5.41) is 0. The van der Waals surface area contributed by atoms with Crippen LogP contribution in [0.25, 0.3) is 0 Å². The van der Waals surface area contributed by atoms with Gasteiger partial charge in [0.15, 0.2) is 0 Å². The number of hydrogen-bond donors (Lipinski definition) is 0. The van der Waals surface area contributed by atoms with Crippen LogP contribution in [0.15, 0.2) is 97.1 Å². The molecule has 0 amide bonds. The summed E-state index contributed by atoms with van der Waals surface area (Å²) in [6.07, 6.45) is 19.7. The zero-order valence-electron chi connectivity index (χ0n) is 22.9. The van der Waals surface area contributed by atoms with Gasteiger partial charge in [-0.25, -0.2) is 0 Å². The van der Waals surface area contributed by atoms with Crippen LogP contribution in [0.4, 0.5) is 0 Å². The molecule has 0 saturated heterocycles. The second kappa shape index (κ2) is 12.5. The zero-order valence-corrected chi connectivity index (χ0v) is 22.9. The average molecular weight is 499 g/mol. The first-order valence-corrected chi connectivity index (χ1v) is 13.8. The molecule has 0 N–H and O–H groups in total. The van der Waals surface area contributed by atoms with E-state index in [2.05, 4.69) is 111 Å². The average Bonchev–Trinajstić information content (AvgIpc) is 2.92. The molecule has 4 unspecified atom stereocenters. The van der Waals surface area contributed by atoms with Gasteiger partial charge in [-0.05, 0) is 50.7 Å². The van der Waals surface area contributed by atoms with Crippen molar-refractivity contribution in [2.45, 2.75) is 51.4 Å². The van der Waals surface area contributed by atoms with Gasteiger partial charge in [0.1, 0.15) is 11.5 Å². The minimum atomic E-state index is -0.152. The number of hydrogen-bond acceptors (Lipinski definition) is 3. The molecule has 3 nitrogen and oxygen atoms in total. The van der Waals surface area contributed by atoms with Gasteiger partial charge in [0.05, 0.1) is 13.2 Å². The van der Waals surface area contributed by atoms with Crippen LogP contribution in [0.2, 0.25) is 0 Å². The minimum absolute atomic E-state index is 0.152. The Kier molecular flexibility index (Phi) is 9.10. The van der Waals surface area contributed by atoms with Gasteiger partial charge in [-0.1, -0.05) is 98.9 Å². The van der Waals surface area contributed by atoms with Crippen molar-refractivity contribution in [1.29, 1.82) is 0 Å². The van der Waals surface area contributed by atoms with Crippen molar-refractivity contribution in [2.24, 2.45) is 11.8 Å². The van der Waals surface area contributed by atoms with E-state index in [4.69, 9.17) is 14.2 Å². The van der Waals surface area contributed by atoms with Gasteiger partial charge in [0, 0.05) is 35.2 Å². The molecule has 2 aliphatic rings. The fourth-order valence-electron chi connectivity index (χ4n) is 5.97. The second-order valence-corrected chi connectivity index (χ2v) is 10.1. The lowest BCUT2D eigenvalue weighted by molar-refractivity contribution is 0.0965. The topological polar surface area (TPSA) is 27.7 Å². The molecule has 4 atom stereocenters. The monoisotopic (exact) mass is 498 g/mol. The first-order valence-electron chi connectivity index (χ1n) is 13.8. The molecule has 0 saturated carbocycles. The van der Waals surface area contributed by atoms with Crippen LogP contribution in [0.3, 0.4) is 0 Å². The van der Waals surface area contributed by atoms with E-state index in [1.807, 2.05) is 13.8 Å². The van der Waals surface area contributed by atoms with Crippen molar-refractivity contribution in [3.63, 3.8) is 0 Å². The molecule has 0 aromatic heterocycles. The van der Waals surface area contributed by atoms with E-state index < -0.39 is 0 Å². The third-order valence-electron chi connectivity index (χ3n) is 8.13. The standard InChI is InChI=1S/C34H42O3/c1-5-36-31-19-9-7-17-29(31)33(21-13-11-15-27(33)3)23-25-35-26-24-34(22-14-12-16-28(34)4)30-18-8-10-20-32(30)37-6-2/h7-22,27-28H,5-6,23-26H2,1-4H3. The SMILES string of the molecule is CCOc1ccccc1C1(CCOCCC2(c3ccccc3OCC)C=CC=CC2C)C=CC=CC1C. The van der Waals surface area contributed by atoms with Crippen molar-refractivity contribution in [3.05, 3.63) is 108 Å². The number of rotatable bonds is 12. The molecular formula is C34H42O3. The molecule has 0 bridgehead atoms. The van der Waals surface area contributed by atoms with Crippen molar-refractivity contribution < 1.29 is 14.2 Å². The number of para-hydroxylation sites is 2. The van der Waals surface area contributed by atoms with Crippen molar-refractivity contribution in [3.8, 4) is 11.5 Å². The Labute approximate surface area is 223 Å². The minimum Gasteiger partial charge on any atom is -0.494 e. The predicted octanol–water partition coefficient (Wildman–Crippen LogP) is 7.98. The lowest BCUT2D eigenvalue weighted by atomic mass is 9.66. The van der Waals surface area contributed by atoms with Gasteiger partial charge in [-0.3, -0.25) is 0 Å². The van der Waals surface area contributed by atoms with E-state index in [0.717, 1.165) is 24.3 Å². The summed E-state index contributed by atoms with van der Waals surface area (Å²) >= 11 is 0. The molecule has 0 aliphatic heterocycles. The maximum atomic E-state index is 6.43. The molecule has 0 radical (unpaired) electrons. The lowest BCUT2D eigenvalue weighted by Gasteiger charge is -2.39. The van der Waals surface area contributed by atoms with E-state index in [9.17, 15) is 0 Å². The van der Waals surface area contributed by atoms with Gasteiger partial charge in [-0.15, -0.1) is 0 Å². The summed E-state index contributed by atoms with van der Waals surface area (Å²) in [5.74, 6) is 2.63. The smallest absolute Gasteiger partial charge is 0.123 e. The number of benzene rings is 2. The Morgan fingerprint density at radius 1 is 0.622 bits per heavy atom. The molecular weight excluding hydrogens is 456 g/mol. The Bertz CT molecular complexity index is 1050. The fraction of sp³-hybridized carbons (Fsp3) is 0.412. The van der Waals surface area contributed by atoms with Crippen LogP contribution >= 0.6 is 0 Å². The summed E-state index contributed by atoms with van der Waals surface area (Å²) in [6, 6.07) is 16.9. The quantitative estimate of drug-likeness (QED) is 0.278.